The smallest absolute Gasteiger partial charge is 0.325 e. The zero-order valence-electron chi connectivity index (χ0n) is 15.9. The maximum absolute atomic E-state index is 12.3. The van der Waals surface area contributed by atoms with Crippen LogP contribution in [0.15, 0.2) is 61.7 Å². The van der Waals surface area contributed by atoms with E-state index < -0.39 is 11.2 Å². The van der Waals surface area contributed by atoms with Gasteiger partial charge in [-0.1, -0.05) is 48.2 Å². The maximum atomic E-state index is 12.3. The predicted molar refractivity (Wildman–Crippen MR) is 113 cm³/mol. The number of aromatic nitrogens is 4. The van der Waals surface area contributed by atoms with E-state index in [0.29, 0.717) is 11.3 Å². The Kier molecular flexibility index (Phi) is 5.48. The van der Waals surface area contributed by atoms with Gasteiger partial charge in [-0.05, 0) is 18.4 Å². The first kappa shape index (κ1) is 19.6. The van der Waals surface area contributed by atoms with Crippen LogP contribution in [-0.4, -0.2) is 31.8 Å². The number of benzene rings is 2. The number of carbonyl (C=O) groups excluding carboxylic acids is 1. The molecule has 0 spiro atoms. The number of thioether (sulfide) groups is 1. The fourth-order valence-corrected chi connectivity index (χ4v) is 3.59. The number of nitrogens with one attached hydrogen (secondary N) is 3. The molecule has 4 aromatic rings. The molecule has 0 radical (unpaired) electrons. The van der Waals surface area contributed by atoms with E-state index in [0.717, 1.165) is 28.2 Å². The molecular formula is C20H17N5O4S. The van der Waals surface area contributed by atoms with E-state index in [1.165, 1.54) is 0 Å². The number of amides is 1. The third-order valence-corrected chi connectivity index (χ3v) is 5.24. The van der Waals surface area contributed by atoms with Gasteiger partial charge < -0.3 is 14.7 Å². The number of fused-ring (bicyclic) bond motifs is 1. The summed E-state index contributed by atoms with van der Waals surface area (Å²) in [5.74, 6) is 0.0972. The number of hydrogen-bond acceptors (Lipinski definition) is 7. The molecule has 0 aliphatic rings. The molecule has 0 unspecified atom stereocenters. The van der Waals surface area contributed by atoms with Crippen LogP contribution in [0.1, 0.15) is 17.1 Å². The van der Waals surface area contributed by atoms with Crippen molar-refractivity contribution in [2.45, 2.75) is 18.6 Å². The molecule has 0 aliphatic heterocycles. The second-order valence-electron chi connectivity index (χ2n) is 6.51. The highest BCUT2D eigenvalue weighted by molar-refractivity contribution is 7.99. The number of H-pyrrole nitrogens is 2. The molecule has 0 bridgehead atoms. The van der Waals surface area contributed by atoms with Crippen LogP contribution < -0.4 is 16.6 Å². The first-order chi connectivity index (χ1) is 14.5. The summed E-state index contributed by atoms with van der Waals surface area (Å²) in [7, 11) is 0. The Hall–Kier alpha value is -3.66. The normalized spacial score (nSPS) is 11.0. The number of aryl methyl sites for hydroxylation is 1. The first-order valence-electron chi connectivity index (χ1n) is 9.04. The lowest BCUT2D eigenvalue weighted by Gasteiger charge is -2.07. The van der Waals surface area contributed by atoms with Crippen molar-refractivity contribution in [3.05, 3.63) is 80.5 Å². The van der Waals surface area contributed by atoms with Gasteiger partial charge in [0.05, 0.1) is 12.2 Å². The van der Waals surface area contributed by atoms with Gasteiger partial charge in [0, 0.05) is 22.3 Å². The van der Waals surface area contributed by atoms with Crippen molar-refractivity contribution >= 4 is 34.1 Å². The van der Waals surface area contributed by atoms with Gasteiger partial charge in [-0.3, -0.25) is 14.6 Å². The van der Waals surface area contributed by atoms with Crippen molar-refractivity contribution < 1.29 is 9.21 Å². The second kappa shape index (κ2) is 8.37. The van der Waals surface area contributed by atoms with E-state index in [1.807, 2.05) is 42.5 Å². The van der Waals surface area contributed by atoms with Crippen LogP contribution >= 0.6 is 11.8 Å². The lowest BCUT2D eigenvalue weighted by atomic mass is 10.1. The predicted octanol–water partition coefficient (Wildman–Crippen LogP) is 2.23. The number of nitrogens with zero attached hydrogens (tertiary/aromatic N) is 2. The second-order valence-corrected chi connectivity index (χ2v) is 7.44. The van der Waals surface area contributed by atoms with Crippen LogP contribution in [-0.2, 0) is 11.2 Å². The largest absolute Gasteiger partial charge is 0.416 e. The van der Waals surface area contributed by atoms with E-state index >= 15 is 0 Å². The summed E-state index contributed by atoms with van der Waals surface area (Å²) >= 11 is 1.10. The highest BCUT2D eigenvalue weighted by Crippen LogP contribution is 2.24. The molecule has 0 aliphatic carbocycles. The van der Waals surface area contributed by atoms with E-state index in [9.17, 15) is 14.4 Å². The van der Waals surface area contributed by atoms with Crippen molar-refractivity contribution in [2.75, 3.05) is 11.1 Å². The molecule has 0 atom stereocenters. The Morgan fingerprint density at radius 3 is 2.73 bits per heavy atom. The van der Waals surface area contributed by atoms with Crippen LogP contribution in [0.3, 0.4) is 0 Å². The average molecular weight is 423 g/mol. The van der Waals surface area contributed by atoms with Gasteiger partial charge in [0.1, 0.15) is 0 Å². The topological polar surface area (TPSA) is 134 Å². The van der Waals surface area contributed by atoms with Crippen molar-refractivity contribution in [3.63, 3.8) is 0 Å². The van der Waals surface area contributed by atoms with Gasteiger partial charge in [0.25, 0.3) is 10.8 Å². The fraction of sp³-hybridized carbons (Fsp3) is 0.150. The van der Waals surface area contributed by atoms with E-state index in [4.69, 9.17) is 4.42 Å². The molecule has 0 fully saturated rings. The number of anilines is 1. The number of hydrogen-bond donors (Lipinski definition) is 3. The molecule has 9 nitrogen and oxygen atoms in total. The molecular weight excluding hydrogens is 406 g/mol. The number of aromatic amines is 2. The monoisotopic (exact) mass is 423 g/mol. The minimum absolute atomic E-state index is 0.0771. The van der Waals surface area contributed by atoms with E-state index in [2.05, 4.69) is 25.5 Å². The Morgan fingerprint density at radius 1 is 1.10 bits per heavy atom. The summed E-state index contributed by atoms with van der Waals surface area (Å²) < 4.78 is 5.51. The average Bonchev–Trinajstić information content (AvgIpc) is 3.17. The van der Waals surface area contributed by atoms with Gasteiger partial charge in [0.15, 0.2) is 0 Å². The summed E-state index contributed by atoms with van der Waals surface area (Å²) in [6.45, 7) is 1.62. The van der Waals surface area contributed by atoms with Crippen LogP contribution in [0, 0.1) is 6.92 Å². The molecule has 0 saturated carbocycles. The molecule has 3 N–H and O–H groups in total. The quantitative estimate of drug-likeness (QED) is 0.405. The SMILES string of the molecule is Cc1[nH]c(=O)[nH]c(=O)c1Cc1nnc(SCC(=O)Nc2cccc3ccccc23)o1. The maximum Gasteiger partial charge on any atom is 0.325 e. The minimum atomic E-state index is -0.569. The van der Waals surface area contributed by atoms with Gasteiger partial charge in [-0.2, -0.15) is 0 Å². The molecule has 10 heteroatoms. The van der Waals surface area contributed by atoms with Crippen LogP contribution in [0.2, 0.25) is 0 Å². The number of carbonyl (C=O) groups is 1. The van der Waals surface area contributed by atoms with Gasteiger partial charge >= 0.3 is 5.69 Å². The third-order valence-electron chi connectivity index (χ3n) is 4.42. The van der Waals surface area contributed by atoms with Crippen molar-refractivity contribution in [2.24, 2.45) is 0 Å². The molecule has 2 aromatic carbocycles. The zero-order chi connectivity index (χ0) is 21.1. The van der Waals surface area contributed by atoms with Crippen LogP contribution in [0.4, 0.5) is 5.69 Å². The van der Waals surface area contributed by atoms with Crippen LogP contribution in [0.25, 0.3) is 10.8 Å². The Balaban J connectivity index is 1.39. The number of rotatable bonds is 6. The molecule has 0 saturated heterocycles. The fourth-order valence-electron chi connectivity index (χ4n) is 3.01. The van der Waals surface area contributed by atoms with Gasteiger partial charge in [-0.15, -0.1) is 10.2 Å². The molecule has 4 rings (SSSR count). The van der Waals surface area contributed by atoms with E-state index in [-0.39, 0.29) is 29.2 Å². The summed E-state index contributed by atoms with van der Waals surface area (Å²) in [5.41, 5.74) is 0.435. The summed E-state index contributed by atoms with van der Waals surface area (Å²) in [4.78, 5) is 40.2. The zero-order valence-corrected chi connectivity index (χ0v) is 16.7. The van der Waals surface area contributed by atoms with Crippen molar-refractivity contribution in [3.8, 4) is 0 Å². The Bertz CT molecular complexity index is 1340. The standard InChI is InChI=1S/C20H17N5O4S/c1-11-14(18(27)23-19(28)21-11)9-17-24-25-20(29-17)30-10-16(26)22-15-8-4-6-12-5-2-3-7-13(12)15/h2-8H,9-10H2,1H3,(H,22,26)(H2,21,23,27,28). The first-order valence-corrected chi connectivity index (χ1v) is 10.0. The third kappa shape index (κ3) is 4.33. The lowest BCUT2D eigenvalue weighted by molar-refractivity contribution is -0.113. The summed E-state index contributed by atoms with van der Waals surface area (Å²) in [6, 6.07) is 13.5. The lowest BCUT2D eigenvalue weighted by Crippen LogP contribution is -2.27. The molecule has 2 aromatic heterocycles. The summed E-state index contributed by atoms with van der Waals surface area (Å²) in [5, 5.41) is 12.9. The molecule has 30 heavy (non-hydrogen) atoms. The molecule has 1 amide bonds. The Morgan fingerprint density at radius 2 is 1.90 bits per heavy atom. The van der Waals surface area contributed by atoms with E-state index in [1.54, 1.807) is 6.92 Å². The highest BCUT2D eigenvalue weighted by atomic mass is 32.2. The summed E-state index contributed by atoms with van der Waals surface area (Å²) in [6.07, 6.45) is 0.0771. The molecule has 2 heterocycles. The van der Waals surface area contributed by atoms with Gasteiger partial charge in [0.2, 0.25) is 11.8 Å². The molecule has 152 valence electrons. The van der Waals surface area contributed by atoms with Gasteiger partial charge in [-0.25, -0.2) is 4.79 Å². The highest BCUT2D eigenvalue weighted by Gasteiger charge is 2.14. The van der Waals surface area contributed by atoms with Crippen molar-refractivity contribution in [1.82, 2.24) is 20.2 Å². The minimum Gasteiger partial charge on any atom is -0.416 e. The Labute approximate surface area is 173 Å². The van der Waals surface area contributed by atoms with Crippen LogP contribution in [0.5, 0.6) is 0 Å². The van der Waals surface area contributed by atoms with Crippen molar-refractivity contribution in [1.29, 1.82) is 0 Å².